The first-order valence-electron chi connectivity index (χ1n) is 10.2. The van der Waals surface area contributed by atoms with E-state index in [4.69, 9.17) is 33.5 Å². The van der Waals surface area contributed by atoms with Gasteiger partial charge in [0.1, 0.15) is 5.82 Å². The number of hydrogen-bond donors (Lipinski definition) is 2. The van der Waals surface area contributed by atoms with Crippen LogP contribution < -0.4 is 11.1 Å². The molecule has 3 aromatic rings. The quantitative estimate of drug-likeness (QED) is 0.557. The van der Waals surface area contributed by atoms with Gasteiger partial charge >= 0.3 is 0 Å². The molecule has 168 valence electrons. The van der Waals surface area contributed by atoms with E-state index in [9.17, 15) is 14.0 Å². The third-order valence-electron chi connectivity index (χ3n) is 5.72. The third-order valence-corrected chi connectivity index (χ3v) is 6.44. The molecule has 0 atom stereocenters. The van der Waals surface area contributed by atoms with Crippen molar-refractivity contribution in [2.24, 2.45) is 5.73 Å². The summed E-state index contributed by atoms with van der Waals surface area (Å²) in [7, 11) is 0. The van der Waals surface area contributed by atoms with Gasteiger partial charge in [0.05, 0.1) is 26.9 Å². The van der Waals surface area contributed by atoms with E-state index < -0.39 is 11.8 Å². The number of halogens is 3. The number of nitrogens with one attached hydrogen (secondary N) is 1. The van der Waals surface area contributed by atoms with Crippen LogP contribution in [0.15, 0.2) is 34.9 Å². The van der Waals surface area contributed by atoms with Crippen LogP contribution in [0.1, 0.15) is 45.2 Å². The Morgan fingerprint density at radius 2 is 1.84 bits per heavy atom. The van der Waals surface area contributed by atoms with E-state index in [0.717, 1.165) is 37.0 Å². The van der Waals surface area contributed by atoms with Crippen LogP contribution >= 0.6 is 23.2 Å². The van der Waals surface area contributed by atoms with Gasteiger partial charge in [-0.3, -0.25) is 9.59 Å². The fourth-order valence-electron chi connectivity index (χ4n) is 4.02. The van der Waals surface area contributed by atoms with E-state index in [0.29, 0.717) is 18.7 Å². The summed E-state index contributed by atoms with van der Waals surface area (Å²) < 4.78 is 18.6. The number of hydrogen-bond acceptors (Lipinski definition) is 5. The van der Waals surface area contributed by atoms with Crippen molar-refractivity contribution in [3.63, 3.8) is 0 Å². The fourth-order valence-corrected chi connectivity index (χ4v) is 4.34. The van der Waals surface area contributed by atoms with Crippen LogP contribution in [0.5, 0.6) is 0 Å². The van der Waals surface area contributed by atoms with Gasteiger partial charge < -0.3 is 20.5 Å². The molecule has 0 saturated carbocycles. The summed E-state index contributed by atoms with van der Waals surface area (Å²) >= 11 is 11.9. The van der Waals surface area contributed by atoms with Crippen molar-refractivity contribution in [3.05, 3.63) is 63.0 Å². The number of aromatic nitrogens is 1. The first kappa shape index (κ1) is 22.5. The molecule has 7 nitrogen and oxygen atoms in total. The average Bonchev–Trinajstić information content (AvgIpc) is 3.18. The van der Waals surface area contributed by atoms with Gasteiger partial charge in [0.25, 0.3) is 5.91 Å². The molecule has 0 bridgehead atoms. The lowest BCUT2D eigenvalue weighted by molar-refractivity contribution is 0.0929. The maximum Gasteiger partial charge on any atom is 0.252 e. The van der Waals surface area contributed by atoms with Crippen molar-refractivity contribution in [3.8, 4) is 0 Å². The second-order valence-electron chi connectivity index (χ2n) is 7.76. The van der Waals surface area contributed by atoms with Gasteiger partial charge in [0, 0.05) is 30.5 Å². The number of primary amides is 1. The highest BCUT2D eigenvalue weighted by Crippen LogP contribution is 2.32. The maximum absolute atomic E-state index is 13.4. The van der Waals surface area contributed by atoms with Gasteiger partial charge in [0.2, 0.25) is 5.91 Å². The summed E-state index contributed by atoms with van der Waals surface area (Å²) in [6.07, 6.45) is 1.76. The predicted octanol–water partition coefficient (Wildman–Crippen LogP) is 3.98. The van der Waals surface area contributed by atoms with Crippen molar-refractivity contribution in [2.75, 3.05) is 26.2 Å². The molecule has 0 radical (unpaired) electrons. The molecule has 4 rings (SSSR count). The molecule has 2 aromatic carbocycles. The molecule has 1 fully saturated rings. The van der Waals surface area contributed by atoms with Crippen molar-refractivity contribution in [2.45, 2.75) is 18.8 Å². The predicted molar refractivity (Wildman–Crippen MR) is 120 cm³/mol. The zero-order valence-corrected chi connectivity index (χ0v) is 18.5. The Labute approximate surface area is 193 Å². The van der Waals surface area contributed by atoms with Gasteiger partial charge in [0.15, 0.2) is 5.58 Å². The van der Waals surface area contributed by atoms with Crippen LogP contribution in [0.4, 0.5) is 4.39 Å². The molecule has 2 amide bonds. The normalized spacial score (nSPS) is 15.2. The second kappa shape index (κ2) is 9.44. The summed E-state index contributed by atoms with van der Waals surface area (Å²) in [5, 5.41) is 8.15. The fraction of sp³-hybridized carbons (Fsp3) is 0.318. The Balaban J connectivity index is 1.31. The molecule has 2 heterocycles. The third kappa shape index (κ3) is 4.72. The number of nitrogens with two attached hydrogens (primary N) is 1. The number of benzene rings is 2. The Kier molecular flexibility index (Phi) is 6.64. The Bertz CT molecular complexity index is 1180. The Morgan fingerprint density at radius 1 is 1.16 bits per heavy atom. The van der Waals surface area contributed by atoms with E-state index in [1.807, 2.05) is 0 Å². The molecule has 0 aliphatic carbocycles. The minimum absolute atomic E-state index is 0.0254. The molecule has 1 aromatic heterocycles. The smallest absolute Gasteiger partial charge is 0.252 e. The van der Waals surface area contributed by atoms with Crippen molar-refractivity contribution in [1.82, 2.24) is 15.4 Å². The lowest BCUT2D eigenvalue weighted by Gasteiger charge is -2.31. The first-order valence-corrected chi connectivity index (χ1v) is 10.9. The van der Waals surface area contributed by atoms with Crippen molar-refractivity contribution < 1.29 is 18.5 Å². The zero-order valence-electron chi connectivity index (χ0n) is 17.0. The lowest BCUT2D eigenvalue weighted by Crippen LogP contribution is -2.39. The molecule has 3 N–H and O–H groups in total. The number of carbonyl (C=O) groups excluding carboxylic acids is 2. The standard InChI is InChI=1S/C22H21Cl2FN4O3/c23-17-10-15(21(26)30)16(11-18(17)24)22(31)27-5-8-29-6-3-12(4-7-29)20-14-2-1-13(25)9-19(14)32-28-20/h1-2,9-12H,3-8H2,(H2,26,30)(H,27,31). The summed E-state index contributed by atoms with van der Waals surface area (Å²) in [6.45, 7) is 2.70. The number of piperidine rings is 1. The Morgan fingerprint density at radius 3 is 2.53 bits per heavy atom. The van der Waals surface area contributed by atoms with Gasteiger partial charge in [-0.05, 0) is 50.2 Å². The SMILES string of the molecule is NC(=O)c1cc(Cl)c(Cl)cc1C(=O)NCCN1CCC(c2noc3cc(F)ccc23)CC1. The number of rotatable bonds is 6. The number of carbonyl (C=O) groups is 2. The summed E-state index contributed by atoms with van der Waals surface area (Å²) in [5.74, 6) is -1.30. The van der Waals surface area contributed by atoms with Gasteiger partial charge in [-0.25, -0.2) is 4.39 Å². The monoisotopic (exact) mass is 478 g/mol. The molecule has 10 heteroatoms. The minimum atomic E-state index is -0.751. The highest BCUT2D eigenvalue weighted by molar-refractivity contribution is 6.42. The molecule has 0 unspecified atom stereocenters. The first-order chi connectivity index (χ1) is 15.3. The molecule has 0 spiro atoms. The number of likely N-dealkylation sites (tertiary alicyclic amines) is 1. The Hall–Kier alpha value is -2.68. The van der Waals surface area contributed by atoms with E-state index in [1.165, 1.54) is 24.3 Å². The molecule has 1 saturated heterocycles. The van der Waals surface area contributed by atoms with E-state index in [1.54, 1.807) is 6.07 Å². The zero-order chi connectivity index (χ0) is 22.8. The van der Waals surface area contributed by atoms with Crippen LogP contribution in [-0.4, -0.2) is 48.0 Å². The maximum atomic E-state index is 13.4. The molecule has 32 heavy (non-hydrogen) atoms. The number of amides is 2. The molecular weight excluding hydrogens is 458 g/mol. The van der Waals surface area contributed by atoms with Gasteiger partial charge in [-0.1, -0.05) is 28.4 Å². The molecule has 1 aliphatic heterocycles. The van der Waals surface area contributed by atoms with Gasteiger partial charge in [-0.15, -0.1) is 0 Å². The highest BCUT2D eigenvalue weighted by atomic mass is 35.5. The minimum Gasteiger partial charge on any atom is -0.366 e. The van der Waals surface area contributed by atoms with Crippen molar-refractivity contribution in [1.29, 1.82) is 0 Å². The lowest BCUT2D eigenvalue weighted by atomic mass is 9.91. The van der Waals surface area contributed by atoms with Crippen LogP contribution in [0.2, 0.25) is 10.0 Å². The van der Waals surface area contributed by atoms with Crippen LogP contribution in [0.25, 0.3) is 11.0 Å². The topological polar surface area (TPSA) is 101 Å². The van der Waals surface area contributed by atoms with Crippen LogP contribution in [0.3, 0.4) is 0 Å². The summed E-state index contributed by atoms with van der Waals surface area (Å²) in [4.78, 5) is 26.4. The molecule has 1 aliphatic rings. The number of nitrogens with zero attached hydrogens (tertiary/aromatic N) is 2. The van der Waals surface area contributed by atoms with Crippen LogP contribution in [0, 0.1) is 5.82 Å². The van der Waals surface area contributed by atoms with Gasteiger partial charge in [-0.2, -0.15) is 0 Å². The van der Waals surface area contributed by atoms with Crippen LogP contribution in [-0.2, 0) is 0 Å². The summed E-state index contributed by atoms with van der Waals surface area (Å²) in [5.41, 5.74) is 6.80. The highest BCUT2D eigenvalue weighted by Gasteiger charge is 2.25. The largest absolute Gasteiger partial charge is 0.366 e. The van der Waals surface area contributed by atoms with E-state index >= 15 is 0 Å². The summed E-state index contributed by atoms with van der Waals surface area (Å²) in [6, 6.07) is 7.12. The molecular formula is C22H21Cl2FN4O3. The second-order valence-corrected chi connectivity index (χ2v) is 8.57. The van der Waals surface area contributed by atoms with E-state index in [-0.39, 0.29) is 32.9 Å². The average molecular weight is 479 g/mol. The van der Waals surface area contributed by atoms with Crippen molar-refractivity contribution >= 4 is 46.0 Å². The van der Waals surface area contributed by atoms with E-state index in [2.05, 4.69) is 15.4 Å². The number of fused-ring (bicyclic) bond motifs is 1.